The Kier molecular flexibility index (Phi) is 4.35. The third-order valence-corrected chi connectivity index (χ3v) is 2.97. The van der Waals surface area contributed by atoms with Crippen LogP contribution in [-0.4, -0.2) is 43.5 Å². The molecule has 1 saturated heterocycles. The summed E-state index contributed by atoms with van der Waals surface area (Å²) in [5, 5.41) is 3.17. The van der Waals surface area contributed by atoms with Gasteiger partial charge in [-0.25, -0.2) is 0 Å². The summed E-state index contributed by atoms with van der Waals surface area (Å²) >= 11 is 0. The molecule has 4 heteroatoms. The van der Waals surface area contributed by atoms with Crippen molar-refractivity contribution in [1.29, 1.82) is 0 Å². The molecule has 82 valence electrons. The summed E-state index contributed by atoms with van der Waals surface area (Å²) in [7, 11) is 2.15. The van der Waals surface area contributed by atoms with Crippen LogP contribution < -0.4 is 11.1 Å². The van der Waals surface area contributed by atoms with Crippen molar-refractivity contribution in [3.05, 3.63) is 0 Å². The maximum Gasteiger partial charge on any atom is 0.231 e. The van der Waals surface area contributed by atoms with E-state index in [0.29, 0.717) is 18.5 Å². The number of carbonyl (C=O) groups excluding carboxylic acids is 1. The summed E-state index contributed by atoms with van der Waals surface area (Å²) in [5.74, 6) is 0.370. The Bertz CT molecular complexity index is 196. The zero-order valence-electron chi connectivity index (χ0n) is 9.12. The lowest BCUT2D eigenvalue weighted by Gasteiger charge is -2.33. The molecule has 3 N–H and O–H groups in total. The van der Waals surface area contributed by atoms with Crippen molar-refractivity contribution in [3.63, 3.8) is 0 Å². The zero-order valence-corrected chi connectivity index (χ0v) is 9.12. The molecule has 2 atom stereocenters. The minimum atomic E-state index is -0.277. The van der Waals surface area contributed by atoms with Crippen LogP contribution in [0.25, 0.3) is 0 Å². The van der Waals surface area contributed by atoms with Gasteiger partial charge in [-0.2, -0.15) is 0 Å². The van der Waals surface area contributed by atoms with Crippen molar-refractivity contribution in [2.45, 2.75) is 25.8 Å². The van der Waals surface area contributed by atoms with Crippen molar-refractivity contribution in [2.24, 2.45) is 11.7 Å². The van der Waals surface area contributed by atoms with Gasteiger partial charge in [0.15, 0.2) is 0 Å². The Morgan fingerprint density at radius 2 is 2.43 bits per heavy atom. The molecular formula is C10H21N3O. The first-order chi connectivity index (χ1) is 6.59. The zero-order chi connectivity index (χ0) is 10.6. The molecule has 0 aliphatic carbocycles. The smallest absolute Gasteiger partial charge is 0.231 e. The van der Waals surface area contributed by atoms with Gasteiger partial charge in [-0.05, 0) is 39.3 Å². The number of hydrogen-bond acceptors (Lipinski definition) is 3. The van der Waals surface area contributed by atoms with Crippen molar-refractivity contribution >= 4 is 5.91 Å². The van der Waals surface area contributed by atoms with Gasteiger partial charge in [-0.15, -0.1) is 0 Å². The maximum atomic E-state index is 10.6. The van der Waals surface area contributed by atoms with Crippen LogP contribution in [-0.2, 0) is 4.79 Å². The number of piperidine rings is 1. The number of amides is 1. The molecule has 0 spiro atoms. The van der Waals surface area contributed by atoms with E-state index in [4.69, 9.17) is 5.73 Å². The van der Waals surface area contributed by atoms with Crippen LogP contribution in [0.4, 0.5) is 0 Å². The van der Waals surface area contributed by atoms with Crippen LogP contribution in [0.1, 0.15) is 19.8 Å². The molecule has 4 nitrogen and oxygen atoms in total. The second-order valence-corrected chi connectivity index (χ2v) is 4.30. The Labute approximate surface area is 85.8 Å². The fourth-order valence-electron chi connectivity index (χ4n) is 2.04. The van der Waals surface area contributed by atoms with E-state index in [1.165, 1.54) is 19.4 Å². The summed E-state index contributed by atoms with van der Waals surface area (Å²) < 4.78 is 0. The quantitative estimate of drug-likeness (QED) is 0.659. The molecule has 1 amide bonds. The standard InChI is InChI=1S/C10H21N3O/c1-8(12-6-10(11)14)9-4-3-5-13(2)7-9/h8-9,12H,3-7H2,1-2H3,(H2,11,14). The molecular weight excluding hydrogens is 178 g/mol. The van der Waals surface area contributed by atoms with Crippen LogP contribution in [0.3, 0.4) is 0 Å². The Balaban J connectivity index is 2.28. The molecule has 2 unspecified atom stereocenters. The van der Waals surface area contributed by atoms with E-state index in [1.807, 2.05) is 0 Å². The number of hydrogen-bond donors (Lipinski definition) is 2. The molecule has 1 fully saturated rings. The Hall–Kier alpha value is -0.610. The minimum Gasteiger partial charge on any atom is -0.369 e. The van der Waals surface area contributed by atoms with Gasteiger partial charge in [0.1, 0.15) is 0 Å². The lowest BCUT2D eigenvalue weighted by atomic mass is 9.92. The highest BCUT2D eigenvalue weighted by Crippen LogP contribution is 2.18. The summed E-state index contributed by atoms with van der Waals surface area (Å²) in [6.07, 6.45) is 2.50. The maximum absolute atomic E-state index is 10.6. The van der Waals surface area contributed by atoms with Gasteiger partial charge >= 0.3 is 0 Å². The van der Waals surface area contributed by atoms with E-state index < -0.39 is 0 Å². The van der Waals surface area contributed by atoms with E-state index in [0.717, 1.165) is 6.54 Å². The van der Waals surface area contributed by atoms with Gasteiger partial charge in [0.05, 0.1) is 6.54 Å². The van der Waals surface area contributed by atoms with Gasteiger partial charge in [-0.1, -0.05) is 0 Å². The fraction of sp³-hybridized carbons (Fsp3) is 0.900. The first kappa shape index (κ1) is 11.5. The fourth-order valence-corrected chi connectivity index (χ4v) is 2.04. The van der Waals surface area contributed by atoms with Crippen LogP contribution in [0, 0.1) is 5.92 Å². The molecule has 1 heterocycles. The van der Waals surface area contributed by atoms with Crippen molar-refractivity contribution < 1.29 is 4.79 Å². The Morgan fingerprint density at radius 1 is 1.71 bits per heavy atom. The predicted molar refractivity (Wildman–Crippen MR) is 56.9 cm³/mol. The highest BCUT2D eigenvalue weighted by Gasteiger charge is 2.22. The highest BCUT2D eigenvalue weighted by atomic mass is 16.1. The van der Waals surface area contributed by atoms with E-state index in [2.05, 4.69) is 24.2 Å². The lowest BCUT2D eigenvalue weighted by Crippen LogP contribution is -2.45. The van der Waals surface area contributed by atoms with E-state index in [1.54, 1.807) is 0 Å². The molecule has 0 bridgehead atoms. The molecule has 1 aliphatic rings. The largest absolute Gasteiger partial charge is 0.369 e. The minimum absolute atomic E-state index is 0.277. The molecule has 0 aromatic carbocycles. The number of nitrogens with two attached hydrogens (primary N) is 1. The summed E-state index contributed by atoms with van der Waals surface area (Å²) in [5.41, 5.74) is 5.09. The summed E-state index contributed by atoms with van der Waals surface area (Å²) in [6.45, 7) is 4.74. The number of likely N-dealkylation sites (tertiary alicyclic amines) is 1. The van der Waals surface area contributed by atoms with Crippen LogP contribution in [0.15, 0.2) is 0 Å². The van der Waals surface area contributed by atoms with Gasteiger partial charge < -0.3 is 16.0 Å². The molecule has 1 aliphatic heterocycles. The SMILES string of the molecule is CC(NCC(N)=O)C1CCCN(C)C1. The van der Waals surface area contributed by atoms with Gasteiger partial charge in [-0.3, -0.25) is 4.79 Å². The second kappa shape index (κ2) is 5.32. The molecule has 14 heavy (non-hydrogen) atoms. The van der Waals surface area contributed by atoms with E-state index in [-0.39, 0.29) is 5.91 Å². The van der Waals surface area contributed by atoms with E-state index in [9.17, 15) is 4.79 Å². The van der Waals surface area contributed by atoms with Gasteiger partial charge in [0.25, 0.3) is 0 Å². The number of nitrogens with zero attached hydrogens (tertiary/aromatic N) is 1. The molecule has 0 aromatic heterocycles. The third kappa shape index (κ3) is 3.64. The van der Waals surface area contributed by atoms with Gasteiger partial charge in [0, 0.05) is 12.6 Å². The van der Waals surface area contributed by atoms with Crippen molar-refractivity contribution in [3.8, 4) is 0 Å². The van der Waals surface area contributed by atoms with Crippen LogP contribution in [0.2, 0.25) is 0 Å². The average Bonchev–Trinajstić information content (AvgIpc) is 2.14. The van der Waals surface area contributed by atoms with Crippen molar-refractivity contribution in [2.75, 3.05) is 26.7 Å². The van der Waals surface area contributed by atoms with Crippen LogP contribution >= 0.6 is 0 Å². The second-order valence-electron chi connectivity index (χ2n) is 4.30. The first-order valence-corrected chi connectivity index (χ1v) is 5.30. The molecule has 0 aromatic rings. The van der Waals surface area contributed by atoms with Crippen molar-refractivity contribution in [1.82, 2.24) is 10.2 Å². The number of rotatable bonds is 4. The number of nitrogens with one attached hydrogen (secondary N) is 1. The normalized spacial score (nSPS) is 26.0. The molecule has 1 rings (SSSR count). The predicted octanol–water partition coefficient (Wildman–Crippen LogP) is -0.208. The molecule has 0 saturated carbocycles. The lowest BCUT2D eigenvalue weighted by molar-refractivity contribution is -0.117. The average molecular weight is 199 g/mol. The third-order valence-electron chi connectivity index (χ3n) is 2.97. The molecule has 0 radical (unpaired) electrons. The first-order valence-electron chi connectivity index (χ1n) is 5.30. The monoisotopic (exact) mass is 199 g/mol. The number of primary amides is 1. The summed E-state index contributed by atoms with van der Waals surface area (Å²) in [4.78, 5) is 12.9. The summed E-state index contributed by atoms with van der Waals surface area (Å²) in [6, 6.07) is 0.380. The Morgan fingerprint density at radius 3 is 3.00 bits per heavy atom. The van der Waals surface area contributed by atoms with Crippen LogP contribution in [0.5, 0.6) is 0 Å². The number of carbonyl (C=O) groups is 1. The topological polar surface area (TPSA) is 58.4 Å². The van der Waals surface area contributed by atoms with Gasteiger partial charge in [0.2, 0.25) is 5.91 Å². The highest BCUT2D eigenvalue weighted by molar-refractivity contribution is 5.75. The van der Waals surface area contributed by atoms with E-state index >= 15 is 0 Å².